The molecular weight excluding hydrogens is 480 g/mol. The van der Waals surface area contributed by atoms with Crippen LogP contribution in [0.15, 0.2) is 60.0 Å². The molecule has 1 aliphatic rings. The van der Waals surface area contributed by atoms with Crippen LogP contribution in [0.3, 0.4) is 0 Å². The van der Waals surface area contributed by atoms with Crippen molar-refractivity contribution in [1.29, 1.82) is 0 Å². The Hall–Kier alpha value is -3.40. The highest BCUT2D eigenvalue weighted by Gasteiger charge is 2.45. The summed E-state index contributed by atoms with van der Waals surface area (Å²) >= 11 is 8.51. The van der Waals surface area contributed by atoms with E-state index in [4.69, 9.17) is 18.0 Å². The molecule has 1 saturated carbocycles. The zero-order chi connectivity index (χ0) is 24.8. The fourth-order valence-electron chi connectivity index (χ4n) is 4.27. The van der Waals surface area contributed by atoms with Crippen LogP contribution in [0.5, 0.6) is 0 Å². The molecule has 5 nitrogen and oxygen atoms in total. The Kier molecular flexibility index (Phi) is 7.70. The molecule has 1 aliphatic carbocycles. The van der Waals surface area contributed by atoms with E-state index in [1.54, 1.807) is 35.6 Å². The first kappa shape index (κ1) is 24.7. The van der Waals surface area contributed by atoms with Crippen LogP contribution in [0.1, 0.15) is 47.2 Å². The molecular formula is C28H25ClN2O3S. The number of Topliss-reactive ketones (excluding diaryl/α,β-unsaturated/α-hetero) is 1. The second-order valence-corrected chi connectivity index (χ2v) is 9.90. The highest BCUT2D eigenvalue weighted by atomic mass is 35.5. The van der Waals surface area contributed by atoms with E-state index in [2.05, 4.69) is 28.7 Å². The van der Waals surface area contributed by atoms with Crippen molar-refractivity contribution in [3.8, 4) is 22.8 Å². The number of halogens is 1. The molecule has 3 aromatic rings. The number of benzene rings is 2. The number of rotatable bonds is 9. The minimum absolute atomic E-state index is 0.00319. The van der Waals surface area contributed by atoms with Gasteiger partial charge in [-0.25, -0.2) is 0 Å². The van der Waals surface area contributed by atoms with Gasteiger partial charge in [-0.15, -0.1) is 17.8 Å². The molecule has 0 spiro atoms. The van der Waals surface area contributed by atoms with Gasteiger partial charge in [-0.1, -0.05) is 66.1 Å². The van der Waals surface area contributed by atoms with Crippen LogP contribution in [0.2, 0.25) is 5.02 Å². The molecule has 0 atom stereocenters. The molecule has 2 amide bonds. The lowest BCUT2D eigenvalue weighted by molar-refractivity contribution is -0.139. The van der Waals surface area contributed by atoms with Gasteiger partial charge in [0.15, 0.2) is 5.78 Å². The number of carbonyl (C=O) groups is 3. The molecule has 35 heavy (non-hydrogen) atoms. The molecule has 0 radical (unpaired) electrons. The van der Waals surface area contributed by atoms with Crippen LogP contribution in [-0.4, -0.2) is 24.1 Å². The van der Waals surface area contributed by atoms with Gasteiger partial charge in [0.2, 0.25) is 0 Å². The first-order valence-electron chi connectivity index (χ1n) is 11.4. The highest BCUT2D eigenvalue weighted by Crippen LogP contribution is 2.55. The van der Waals surface area contributed by atoms with Gasteiger partial charge < -0.3 is 10.6 Å². The van der Waals surface area contributed by atoms with Crippen molar-refractivity contribution in [3.05, 3.63) is 81.7 Å². The van der Waals surface area contributed by atoms with Crippen LogP contribution in [-0.2, 0) is 21.5 Å². The van der Waals surface area contributed by atoms with Crippen LogP contribution < -0.4 is 10.6 Å². The predicted octanol–water partition coefficient (Wildman–Crippen LogP) is 5.13. The minimum atomic E-state index is -0.802. The minimum Gasteiger partial charge on any atom is -0.344 e. The van der Waals surface area contributed by atoms with Crippen molar-refractivity contribution in [2.75, 3.05) is 6.54 Å². The summed E-state index contributed by atoms with van der Waals surface area (Å²) < 4.78 is 0. The lowest BCUT2D eigenvalue weighted by atomic mass is 9.87. The second-order valence-electron chi connectivity index (χ2n) is 8.57. The van der Waals surface area contributed by atoms with E-state index >= 15 is 0 Å². The molecule has 2 N–H and O–H groups in total. The van der Waals surface area contributed by atoms with Gasteiger partial charge in [-0.05, 0) is 47.3 Å². The van der Waals surface area contributed by atoms with E-state index in [0.29, 0.717) is 24.0 Å². The van der Waals surface area contributed by atoms with Crippen molar-refractivity contribution >= 4 is 40.5 Å². The first-order chi connectivity index (χ1) is 16.9. The normalized spacial score (nSPS) is 13.5. The Bertz CT molecular complexity index is 1290. The molecule has 7 heteroatoms. The fourth-order valence-corrected chi connectivity index (χ4v) is 5.51. The van der Waals surface area contributed by atoms with E-state index < -0.39 is 11.8 Å². The third-order valence-corrected chi connectivity index (χ3v) is 7.67. The summed E-state index contributed by atoms with van der Waals surface area (Å²) in [6.45, 7) is 0.0490. The van der Waals surface area contributed by atoms with Gasteiger partial charge in [0.05, 0.1) is 11.6 Å². The SMILES string of the molecule is C#CCNC(=O)C(=O)NCc1ccccc1C(=O)CCC1(c2cccc(-c3cccs3)c2Cl)CC1. The monoisotopic (exact) mass is 504 g/mol. The maximum atomic E-state index is 13.2. The Balaban J connectivity index is 1.43. The van der Waals surface area contributed by atoms with Crippen molar-refractivity contribution < 1.29 is 14.4 Å². The smallest absolute Gasteiger partial charge is 0.310 e. The number of hydrogen-bond donors (Lipinski definition) is 2. The molecule has 0 saturated heterocycles. The molecule has 2 aromatic carbocycles. The summed E-state index contributed by atoms with van der Waals surface area (Å²) in [5, 5.41) is 7.68. The third-order valence-electron chi connectivity index (χ3n) is 6.36. The highest BCUT2D eigenvalue weighted by molar-refractivity contribution is 7.13. The number of carbonyl (C=O) groups excluding carboxylic acids is 3. The topological polar surface area (TPSA) is 75.3 Å². The van der Waals surface area contributed by atoms with Gasteiger partial charge in [0, 0.05) is 29.0 Å². The van der Waals surface area contributed by atoms with Crippen LogP contribution in [0, 0.1) is 12.3 Å². The molecule has 0 unspecified atom stereocenters. The molecule has 1 fully saturated rings. The Morgan fingerprint density at radius 2 is 1.77 bits per heavy atom. The first-order valence-corrected chi connectivity index (χ1v) is 12.6. The standard InChI is InChI=1S/C28H25ClN2O3S/c1-2-16-30-26(33)27(34)31-18-19-7-3-4-8-20(19)23(32)12-13-28(14-15-28)22-10-5-9-21(25(22)29)24-11-6-17-35-24/h1,3-11,17H,12-16,18H2,(H,30,33)(H,31,34). The summed E-state index contributed by atoms with van der Waals surface area (Å²) in [7, 11) is 0. The van der Waals surface area contributed by atoms with Crippen molar-refractivity contribution in [1.82, 2.24) is 10.6 Å². The van der Waals surface area contributed by atoms with Crippen LogP contribution in [0.25, 0.3) is 10.4 Å². The van der Waals surface area contributed by atoms with Gasteiger partial charge in [0.25, 0.3) is 0 Å². The van der Waals surface area contributed by atoms with Gasteiger partial charge in [0.1, 0.15) is 0 Å². The summed E-state index contributed by atoms with van der Waals surface area (Å²) in [5.74, 6) is 0.653. The van der Waals surface area contributed by atoms with Gasteiger partial charge >= 0.3 is 11.8 Å². The Morgan fingerprint density at radius 3 is 2.49 bits per heavy atom. The quantitative estimate of drug-likeness (QED) is 0.241. The maximum absolute atomic E-state index is 13.2. The number of ketones is 1. The largest absolute Gasteiger partial charge is 0.344 e. The lowest BCUT2D eigenvalue weighted by Crippen LogP contribution is -2.39. The Labute approximate surface area is 213 Å². The average molecular weight is 505 g/mol. The van der Waals surface area contributed by atoms with Gasteiger partial charge in [-0.2, -0.15) is 0 Å². The zero-order valence-corrected chi connectivity index (χ0v) is 20.7. The number of hydrogen-bond acceptors (Lipinski definition) is 4. The van der Waals surface area contributed by atoms with E-state index in [9.17, 15) is 14.4 Å². The molecule has 4 rings (SSSR count). The number of nitrogens with one attached hydrogen (secondary N) is 2. The second kappa shape index (κ2) is 10.9. The fraction of sp³-hybridized carbons (Fsp3) is 0.250. The van der Waals surface area contributed by atoms with Gasteiger partial charge in [-0.3, -0.25) is 14.4 Å². The van der Waals surface area contributed by atoms with E-state index in [1.807, 2.05) is 23.6 Å². The number of thiophene rings is 1. The molecule has 1 aromatic heterocycles. The third kappa shape index (κ3) is 5.64. The van der Waals surface area contributed by atoms with Crippen LogP contribution in [0.4, 0.5) is 0 Å². The predicted molar refractivity (Wildman–Crippen MR) is 139 cm³/mol. The van der Waals surface area contributed by atoms with Crippen molar-refractivity contribution in [3.63, 3.8) is 0 Å². The zero-order valence-electron chi connectivity index (χ0n) is 19.1. The molecule has 0 bridgehead atoms. The van der Waals surface area contributed by atoms with E-state index in [1.165, 1.54) is 0 Å². The molecule has 0 aliphatic heterocycles. The summed E-state index contributed by atoms with van der Waals surface area (Å²) in [6, 6.07) is 17.4. The summed E-state index contributed by atoms with van der Waals surface area (Å²) in [4.78, 5) is 38.0. The summed E-state index contributed by atoms with van der Waals surface area (Å²) in [6.07, 6.45) is 8.16. The van der Waals surface area contributed by atoms with Crippen molar-refractivity contribution in [2.45, 2.75) is 37.6 Å². The average Bonchev–Trinajstić information content (AvgIpc) is 3.46. The van der Waals surface area contributed by atoms with E-state index in [0.717, 1.165) is 33.9 Å². The maximum Gasteiger partial charge on any atom is 0.310 e. The lowest BCUT2D eigenvalue weighted by Gasteiger charge is -2.19. The number of terminal acetylenes is 1. The summed E-state index contributed by atoms with van der Waals surface area (Å²) in [5.41, 5.74) is 3.27. The van der Waals surface area contributed by atoms with E-state index in [-0.39, 0.29) is 24.3 Å². The molecule has 1 heterocycles. The molecule has 178 valence electrons. The van der Waals surface area contributed by atoms with Crippen molar-refractivity contribution in [2.24, 2.45) is 0 Å². The number of amides is 2. The Morgan fingerprint density at radius 1 is 1.00 bits per heavy atom. The van der Waals surface area contributed by atoms with Crippen LogP contribution >= 0.6 is 22.9 Å².